The molecule has 7 nitrogen and oxygen atoms in total. The highest BCUT2D eigenvalue weighted by Crippen LogP contribution is 2.23. The fourth-order valence-electron chi connectivity index (χ4n) is 5.52. The van der Waals surface area contributed by atoms with Crippen LogP contribution in [0.15, 0.2) is 78.9 Å². The van der Waals surface area contributed by atoms with E-state index in [4.69, 9.17) is 0 Å². The highest BCUT2D eigenvalue weighted by atomic mass is 32.2. The number of amides is 2. The van der Waals surface area contributed by atoms with E-state index in [1.807, 2.05) is 30.3 Å². The highest BCUT2D eigenvalue weighted by molar-refractivity contribution is 7.92. The smallest absolute Gasteiger partial charge is 0.243 e. The van der Waals surface area contributed by atoms with Crippen LogP contribution < -0.4 is 9.62 Å². The molecule has 3 aromatic carbocycles. The maximum absolute atomic E-state index is 14.5. The van der Waals surface area contributed by atoms with Crippen molar-refractivity contribution in [1.29, 1.82) is 0 Å². The summed E-state index contributed by atoms with van der Waals surface area (Å²) in [6.45, 7) is -0.0503. The zero-order valence-electron chi connectivity index (χ0n) is 24.4. The van der Waals surface area contributed by atoms with Crippen LogP contribution in [0.1, 0.15) is 56.1 Å². The molecule has 0 saturated heterocycles. The third kappa shape index (κ3) is 9.35. The Morgan fingerprint density at radius 3 is 2.19 bits per heavy atom. The van der Waals surface area contributed by atoms with Crippen LogP contribution in [-0.4, -0.2) is 50.0 Å². The summed E-state index contributed by atoms with van der Waals surface area (Å²) in [7, 11) is -3.83. The van der Waals surface area contributed by atoms with Crippen LogP contribution in [0.25, 0.3) is 0 Å². The molecule has 1 aliphatic rings. The predicted molar refractivity (Wildman–Crippen MR) is 164 cm³/mol. The minimum absolute atomic E-state index is 0.0337. The summed E-state index contributed by atoms with van der Waals surface area (Å²) in [6, 6.07) is 20.0. The van der Waals surface area contributed by atoms with Crippen molar-refractivity contribution in [1.82, 2.24) is 10.2 Å². The Kier molecular flexibility index (Phi) is 11.3. The van der Waals surface area contributed by atoms with Gasteiger partial charge in [0.2, 0.25) is 21.8 Å². The Morgan fingerprint density at radius 2 is 1.53 bits per heavy atom. The van der Waals surface area contributed by atoms with Crippen LogP contribution >= 0.6 is 0 Å². The fourth-order valence-corrected chi connectivity index (χ4v) is 6.49. The van der Waals surface area contributed by atoms with Crippen molar-refractivity contribution in [3.05, 3.63) is 102 Å². The van der Waals surface area contributed by atoms with E-state index in [1.54, 1.807) is 18.2 Å². The number of para-hydroxylation sites is 1. The first kappa shape index (κ1) is 32.1. The monoisotopic (exact) mass is 611 g/mol. The van der Waals surface area contributed by atoms with Crippen molar-refractivity contribution in [3.8, 4) is 0 Å². The van der Waals surface area contributed by atoms with E-state index in [1.165, 1.54) is 35.2 Å². The average Bonchev–Trinajstić information content (AvgIpc) is 2.99. The molecule has 43 heavy (non-hydrogen) atoms. The zero-order chi connectivity index (χ0) is 30.8. The van der Waals surface area contributed by atoms with Gasteiger partial charge in [-0.1, -0.05) is 73.9 Å². The van der Waals surface area contributed by atoms with E-state index in [9.17, 15) is 26.8 Å². The Balaban J connectivity index is 1.59. The quantitative estimate of drug-likeness (QED) is 0.273. The van der Waals surface area contributed by atoms with Crippen LogP contribution in [0.4, 0.5) is 14.5 Å². The Morgan fingerprint density at radius 1 is 0.884 bits per heavy atom. The third-order valence-corrected chi connectivity index (χ3v) is 8.94. The molecule has 1 unspecified atom stereocenters. The first-order chi connectivity index (χ1) is 20.6. The number of sulfonamides is 1. The van der Waals surface area contributed by atoms with Crippen LogP contribution in [0, 0.1) is 11.6 Å². The summed E-state index contributed by atoms with van der Waals surface area (Å²) in [6.07, 6.45) is 6.25. The molecule has 0 aliphatic heterocycles. The number of nitrogens with one attached hydrogen (secondary N) is 1. The van der Waals surface area contributed by atoms with Crippen molar-refractivity contribution in [2.45, 2.75) is 70.0 Å². The molecule has 0 spiro atoms. The van der Waals surface area contributed by atoms with Crippen molar-refractivity contribution in [2.75, 3.05) is 17.1 Å². The first-order valence-electron chi connectivity index (χ1n) is 14.7. The van der Waals surface area contributed by atoms with Gasteiger partial charge in [0, 0.05) is 32.0 Å². The first-order valence-corrected chi connectivity index (χ1v) is 16.6. The molecule has 1 saturated carbocycles. The third-order valence-electron chi connectivity index (χ3n) is 7.76. The topological polar surface area (TPSA) is 86.8 Å². The summed E-state index contributed by atoms with van der Waals surface area (Å²) in [5.41, 5.74) is 1.45. The zero-order valence-corrected chi connectivity index (χ0v) is 25.2. The molecule has 2 amide bonds. The molecule has 0 bridgehead atoms. The summed E-state index contributed by atoms with van der Waals surface area (Å²) in [5.74, 6) is -1.70. The molecule has 4 rings (SSSR count). The van der Waals surface area contributed by atoms with Crippen molar-refractivity contribution in [2.24, 2.45) is 0 Å². The van der Waals surface area contributed by atoms with Gasteiger partial charge < -0.3 is 10.2 Å². The largest absolute Gasteiger partial charge is 0.352 e. The van der Waals surface area contributed by atoms with E-state index in [2.05, 4.69) is 5.32 Å². The number of hydrogen-bond donors (Lipinski definition) is 1. The molecule has 0 radical (unpaired) electrons. The second kappa shape index (κ2) is 15.1. The molecular weight excluding hydrogens is 572 g/mol. The maximum Gasteiger partial charge on any atom is 0.243 e. The summed E-state index contributed by atoms with van der Waals surface area (Å²) < 4.78 is 54.2. The lowest BCUT2D eigenvalue weighted by molar-refractivity contribution is -0.141. The Hall–Kier alpha value is -3.79. The predicted octanol–water partition coefficient (Wildman–Crippen LogP) is 5.60. The van der Waals surface area contributed by atoms with Crippen LogP contribution in [-0.2, 0) is 32.6 Å². The van der Waals surface area contributed by atoms with Gasteiger partial charge >= 0.3 is 0 Å². The molecule has 1 N–H and O–H groups in total. The van der Waals surface area contributed by atoms with Crippen LogP contribution in [0.2, 0.25) is 0 Å². The van der Waals surface area contributed by atoms with E-state index in [0.29, 0.717) is 5.56 Å². The highest BCUT2D eigenvalue weighted by Gasteiger charge is 2.32. The van der Waals surface area contributed by atoms with E-state index in [-0.39, 0.29) is 55.9 Å². The van der Waals surface area contributed by atoms with Gasteiger partial charge in [-0.2, -0.15) is 0 Å². The van der Waals surface area contributed by atoms with Crippen molar-refractivity contribution < 1.29 is 26.8 Å². The normalized spacial score (nSPS) is 14.6. The standard InChI is InChI=1S/C33H39F2N3O4S/c1-43(41,42)38(30-16-9-8-15-29(30)35)22-10-17-32(39)37(24-26-18-20-27(34)21-19-26)31(23-25-11-4-2-5-12-25)33(40)36-28-13-6-3-7-14-28/h2,4-5,8-9,11-12,15-16,18-21,28,31H,3,6-7,10,13-14,17,22-24H2,1H3,(H,36,40). The van der Waals surface area contributed by atoms with E-state index in [0.717, 1.165) is 48.2 Å². The average molecular weight is 612 g/mol. The van der Waals surface area contributed by atoms with Gasteiger partial charge in [-0.25, -0.2) is 17.2 Å². The lowest BCUT2D eigenvalue weighted by atomic mass is 9.94. The molecule has 230 valence electrons. The molecule has 0 heterocycles. The van der Waals surface area contributed by atoms with Gasteiger partial charge in [0.25, 0.3) is 0 Å². The molecule has 10 heteroatoms. The number of halogens is 2. The summed E-state index contributed by atoms with van der Waals surface area (Å²) in [4.78, 5) is 29.3. The van der Waals surface area contributed by atoms with Crippen LogP contribution in [0.3, 0.4) is 0 Å². The summed E-state index contributed by atoms with van der Waals surface area (Å²) >= 11 is 0. The summed E-state index contributed by atoms with van der Waals surface area (Å²) in [5, 5.41) is 3.17. The van der Waals surface area contributed by atoms with Gasteiger partial charge in [-0.3, -0.25) is 13.9 Å². The molecular formula is C33H39F2N3O4S. The Labute approximate surface area is 252 Å². The molecule has 1 aliphatic carbocycles. The number of hydrogen-bond acceptors (Lipinski definition) is 4. The Bertz CT molecular complexity index is 1460. The van der Waals surface area contributed by atoms with Gasteiger partial charge in [0.15, 0.2) is 0 Å². The SMILES string of the molecule is CS(=O)(=O)N(CCCC(=O)N(Cc1ccc(F)cc1)C(Cc1ccccc1)C(=O)NC1CCCCC1)c1ccccc1F. The molecule has 3 aromatic rings. The van der Waals surface area contributed by atoms with E-state index >= 15 is 0 Å². The van der Waals surface area contributed by atoms with Crippen LogP contribution in [0.5, 0.6) is 0 Å². The minimum atomic E-state index is -3.83. The number of carbonyl (C=O) groups is 2. The number of nitrogens with zero attached hydrogens (tertiary/aromatic N) is 2. The lowest BCUT2D eigenvalue weighted by Crippen LogP contribution is -2.53. The van der Waals surface area contributed by atoms with Crippen molar-refractivity contribution >= 4 is 27.5 Å². The van der Waals surface area contributed by atoms with Gasteiger partial charge in [-0.15, -0.1) is 0 Å². The fraction of sp³-hybridized carbons (Fsp3) is 0.394. The van der Waals surface area contributed by atoms with Crippen molar-refractivity contribution in [3.63, 3.8) is 0 Å². The number of rotatable bonds is 13. The molecule has 0 aromatic heterocycles. The second-order valence-electron chi connectivity index (χ2n) is 11.1. The number of carbonyl (C=O) groups excluding carboxylic acids is 2. The molecule has 1 fully saturated rings. The van der Waals surface area contributed by atoms with Gasteiger partial charge in [0.1, 0.15) is 17.7 Å². The maximum atomic E-state index is 14.5. The molecule has 1 atom stereocenters. The van der Waals surface area contributed by atoms with Gasteiger partial charge in [0.05, 0.1) is 11.9 Å². The second-order valence-corrected chi connectivity index (χ2v) is 13.0. The number of benzene rings is 3. The minimum Gasteiger partial charge on any atom is -0.352 e. The van der Waals surface area contributed by atoms with Gasteiger partial charge in [-0.05, 0) is 54.7 Å². The van der Waals surface area contributed by atoms with E-state index < -0.39 is 27.7 Å². The lowest BCUT2D eigenvalue weighted by Gasteiger charge is -2.34. The number of anilines is 1.